The first-order valence-electron chi connectivity index (χ1n) is 8.79. The molecule has 0 saturated heterocycles. The molecule has 0 aliphatic rings. The first-order valence-corrected chi connectivity index (χ1v) is 12.3. The average molecular weight is 460 g/mol. The van der Waals surface area contributed by atoms with Crippen LogP contribution in [0.5, 0.6) is 0 Å². The van der Waals surface area contributed by atoms with Gasteiger partial charge in [-0.25, -0.2) is 4.98 Å². The lowest BCUT2D eigenvalue weighted by Gasteiger charge is -2.21. The zero-order valence-corrected chi connectivity index (χ0v) is 18.5. The van der Waals surface area contributed by atoms with E-state index in [-0.39, 0.29) is 18.2 Å². The standard InChI is InChI=1S/C20H17N3O2S4/c24-18(23(11-15-4-1-7-26-15)12-16-5-2-8-27-16)10-14-13-29-20(21-14)22-19(25)17-6-3-9-28-17/h1-9,13H,10-12H2,(H,21,22,25). The van der Waals surface area contributed by atoms with Crippen LogP contribution in [0.1, 0.15) is 25.1 Å². The van der Waals surface area contributed by atoms with Crippen LogP contribution in [-0.2, 0) is 24.3 Å². The van der Waals surface area contributed by atoms with Gasteiger partial charge in [0, 0.05) is 15.1 Å². The third-order valence-corrected chi connectivity index (χ3v) is 7.45. The zero-order valence-electron chi connectivity index (χ0n) is 15.2. The minimum absolute atomic E-state index is 0.0215. The number of nitrogens with zero attached hydrogens (tertiary/aromatic N) is 2. The van der Waals surface area contributed by atoms with Crippen LogP contribution < -0.4 is 5.32 Å². The zero-order chi connectivity index (χ0) is 20.1. The lowest BCUT2D eigenvalue weighted by molar-refractivity contribution is -0.131. The summed E-state index contributed by atoms with van der Waals surface area (Å²) < 4.78 is 0. The quantitative estimate of drug-likeness (QED) is 0.386. The molecule has 0 aliphatic carbocycles. The third kappa shape index (κ3) is 5.39. The van der Waals surface area contributed by atoms with Crippen LogP contribution in [0.2, 0.25) is 0 Å². The van der Waals surface area contributed by atoms with Gasteiger partial charge in [-0.05, 0) is 34.3 Å². The van der Waals surface area contributed by atoms with E-state index in [9.17, 15) is 9.59 Å². The molecule has 4 aromatic rings. The number of aromatic nitrogens is 1. The smallest absolute Gasteiger partial charge is 0.267 e. The average Bonchev–Trinajstić information content (AvgIpc) is 3.50. The summed E-state index contributed by atoms with van der Waals surface area (Å²) in [5.74, 6) is -0.155. The molecular formula is C20H17N3O2S4. The van der Waals surface area contributed by atoms with E-state index in [0.29, 0.717) is 28.8 Å². The van der Waals surface area contributed by atoms with E-state index >= 15 is 0 Å². The Morgan fingerprint density at radius 3 is 2.14 bits per heavy atom. The minimum Gasteiger partial charge on any atom is -0.332 e. The van der Waals surface area contributed by atoms with Crippen molar-refractivity contribution in [2.45, 2.75) is 19.5 Å². The normalized spacial score (nSPS) is 10.8. The highest BCUT2D eigenvalue weighted by Gasteiger charge is 2.18. The maximum atomic E-state index is 13.0. The number of thiazole rings is 1. The second kappa shape index (κ2) is 9.45. The van der Waals surface area contributed by atoms with Crippen LogP contribution in [0, 0.1) is 0 Å². The minimum atomic E-state index is -0.177. The Balaban J connectivity index is 1.41. The lowest BCUT2D eigenvalue weighted by atomic mass is 10.2. The van der Waals surface area contributed by atoms with Crippen molar-refractivity contribution < 1.29 is 9.59 Å². The van der Waals surface area contributed by atoms with Gasteiger partial charge in [-0.3, -0.25) is 14.9 Å². The lowest BCUT2D eigenvalue weighted by Crippen LogP contribution is -2.31. The molecule has 4 aromatic heterocycles. The number of carbonyl (C=O) groups excluding carboxylic acids is 2. The molecule has 0 spiro atoms. The van der Waals surface area contributed by atoms with E-state index in [2.05, 4.69) is 10.3 Å². The highest BCUT2D eigenvalue weighted by molar-refractivity contribution is 7.14. The van der Waals surface area contributed by atoms with Gasteiger partial charge in [0.15, 0.2) is 5.13 Å². The molecule has 1 N–H and O–H groups in total. The van der Waals surface area contributed by atoms with Crippen molar-refractivity contribution in [3.05, 3.63) is 78.2 Å². The fourth-order valence-corrected chi connectivity index (χ4v) is 5.46. The van der Waals surface area contributed by atoms with E-state index in [1.54, 1.807) is 28.7 Å². The number of amides is 2. The molecule has 0 saturated carbocycles. The summed E-state index contributed by atoms with van der Waals surface area (Å²) in [6, 6.07) is 11.7. The number of hydrogen-bond donors (Lipinski definition) is 1. The van der Waals surface area contributed by atoms with Crippen LogP contribution in [0.3, 0.4) is 0 Å². The molecule has 0 aromatic carbocycles. The topological polar surface area (TPSA) is 62.3 Å². The number of anilines is 1. The fraction of sp³-hybridized carbons (Fsp3) is 0.150. The molecule has 29 heavy (non-hydrogen) atoms. The van der Waals surface area contributed by atoms with Crippen molar-refractivity contribution in [2.24, 2.45) is 0 Å². The van der Waals surface area contributed by atoms with Gasteiger partial charge in [0.1, 0.15) is 0 Å². The summed E-state index contributed by atoms with van der Waals surface area (Å²) in [4.78, 5) is 34.4. The van der Waals surface area contributed by atoms with E-state index in [4.69, 9.17) is 0 Å². The second-order valence-electron chi connectivity index (χ2n) is 6.16. The van der Waals surface area contributed by atoms with Crippen molar-refractivity contribution >= 4 is 62.3 Å². The van der Waals surface area contributed by atoms with Gasteiger partial charge in [-0.1, -0.05) is 18.2 Å². The van der Waals surface area contributed by atoms with Gasteiger partial charge in [-0.15, -0.1) is 45.3 Å². The Labute approximate surface area is 184 Å². The Hall–Kier alpha value is -2.33. The molecule has 4 rings (SSSR count). The summed E-state index contributed by atoms with van der Waals surface area (Å²) in [5.41, 5.74) is 0.670. The Kier molecular flexibility index (Phi) is 6.50. The van der Waals surface area contributed by atoms with Crippen molar-refractivity contribution in [1.29, 1.82) is 0 Å². The van der Waals surface area contributed by atoms with Crippen LogP contribution in [0.15, 0.2) is 57.9 Å². The molecule has 4 heterocycles. The highest BCUT2D eigenvalue weighted by Crippen LogP contribution is 2.21. The van der Waals surface area contributed by atoms with E-state index in [1.807, 2.05) is 56.8 Å². The molecule has 0 atom stereocenters. The van der Waals surface area contributed by atoms with Crippen LogP contribution in [0.4, 0.5) is 5.13 Å². The SMILES string of the molecule is O=C(Nc1nc(CC(=O)N(Cc2cccs2)Cc2cccs2)cs1)c1cccs1. The van der Waals surface area contributed by atoms with Crippen molar-refractivity contribution in [3.63, 3.8) is 0 Å². The van der Waals surface area contributed by atoms with Crippen molar-refractivity contribution in [3.8, 4) is 0 Å². The van der Waals surface area contributed by atoms with Gasteiger partial charge < -0.3 is 4.90 Å². The molecule has 0 unspecified atom stereocenters. The summed E-state index contributed by atoms with van der Waals surface area (Å²) in [6.45, 7) is 1.17. The number of nitrogens with one attached hydrogen (secondary N) is 1. The first kappa shape index (κ1) is 20.0. The van der Waals surface area contributed by atoms with Crippen molar-refractivity contribution in [2.75, 3.05) is 5.32 Å². The number of rotatable bonds is 8. The van der Waals surface area contributed by atoms with E-state index in [0.717, 1.165) is 9.75 Å². The molecule has 5 nitrogen and oxygen atoms in total. The first-order chi connectivity index (χ1) is 14.2. The molecule has 0 bridgehead atoms. The van der Waals surface area contributed by atoms with Gasteiger partial charge in [-0.2, -0.15) is 0 Å². The summed E-state index contributed by atoms with van der Waals surface area (Å²) in [7, 11) is 0. The molecule has 0 aliphatic heterocycles. The van der Waals surface area contributed by atoms with Gasteiger partial charge >= 0.3 is 0 Å². The second-order valence-corrected chi connectivity index (χ2v) is 10.0. The molecular weight excluding hydrogens is 443 g/mol. The van der Waals surface area contributed by atoms with E-state index < -0.39 is 0 Å². The van der Waals surface area contributed by atoms with Gasteiger partial charge in [0.05, 0.1) is 30.1 Å². The predicted molar refractivity (Wildman–Crippen MR) is 121 cm³/mol. The van der Waals surface area contributed by atoms with Gasteiger partial charge in [0.25, 0.3) is 5.91 Å². The number of thiophene rings is 3. The highest BCUT2D eigenvalue weighted by atomic mass is 32.1. The van der Waals surface area contributed by atoms with Crippen molar-refractivity contribution in [1.82, 2.24) is 9.88 Å². The predicted octanol–water partition coefficient (Wildman–Crippen LogP) is 5.35. The Bertz CT molecular complexity index is 1020. The van der Waals surface area contributed by atoms with E-state index in [1.165, 1.54) is 22.7 Å². The molecule has 0 radical (unpaired) electrons. The third-order valence-electron chi connectivity index (χ3n) is 4.06. The molecule has 0 fully saturated rings. The molecule has 148 valence electrons. The van der Waals surface area contributed by atoms with Crippen LogP contribution in [0.25, 0.3) is 0 Å². The monoisotopic (exact) mass is 459 g/mol. The van der Waals surface area contributed by atoms with Crippen LogP contribution in [-0.4, -0.2) is 21.7 Å². The summed E-state index contributed by atoms with van der Waals surface area (Å²) in [6.07, 6.45) is 0.210. The van der Waals surface area contributed by atoms with Crippen LogP contribution >= 0.6 is 45.3 Å². The molecule has 2 amide bonds. The molecule has 9 heteroatoms. The summed E-state index contributed by atoms with van der Waals surface area (Å²) >= 11 is 6.01. The maximum absolute atomic E-state index is 13.0. The van der Waals surface area contributed by atoms with Gasteiger partial charge in [0.2, 0.25) is 5.91 Å². The Morgan fingerprint density at radius 2 is 1.55 bits per heavy atom. The Morgan fingerprint density at radius 1 is 0.897 bits per heavy atom. The summed E-state index contributed by atoms with van der Waals surface area (Å²) in [5, 5.41) is 11.0. The maximum Gasteiger partial charge on any atom is 0.267 e. The number of carbonyl (C=O) groups is 2. The number of hydrogen-bond acceptors (Lipinski definition) is 7. The fourth-order valence-electron chi connectivity index (χ4n) is 2.69. The largest absolute Gasteiger partial charge is 0.332 e.